The first-order valence-electron chi connectivity index (χ1n) is 8.39. The normalized spacial score (nSPS) is 23.5. The largest absolute Gasteiger partial charge is 0.365 e. The highest BCUT2D eigenvalue weighted by Crippen LogP contribution is 2.27. The van der Waals surface area contributed by atoms with E-state index in [1.807, 2.05) is 14.0 Å². The molecule has 0 heterocycles. The van der Waals surface area contributed by atoms with Gasteiger partial charge >= 0.3 is 0 Å². The Morgan fingerprint density at radius 2 is 2.05 bits per heavy atom. The van der Waals surface area contributed by atoms with E-state index in [1.54, 1.807) is 4.90 Å². The molecule has 4 nitrogen and oxygen atoms in total. The molecule has 1 fully saturated rings. The summed E-state index contributed by atoms with van der Waals surface area (Å²) in [5, 5.41) is 0. The highest BCUT2D eigenvalue weighted by molar-refractivity contribution is 5.85. The smallest absolute Gasteiger partial charge is 0.251 e. The van der Waals surface area contributed by atoms with Crippen molar-refractivity contribution in [1.82, 2.24) is 4.90 Å². The van der Waals surface area contributed by atoms with Gasteiger partial charge in [-0.3, -0.25) is 4.79 Å². The second kappa shape index (κ2) is 9.74. The number of likely N-dealkylation sites (N-methyl/N-ethyl adjacent to an activating group) is 1. The Hall–Kier alpha value is -0.320. The van der Waals surface area contributed by atoms with Crippen LogP contribution in [0.15, 0.2) is 0 Å². The van der Waals surface area contributed by atoms with E-state index in [1.165, 1.54) is 12.8 Å². The van der Waals surface area contributed by atoms with Crippen molar-refractivity contribution in [2.24, 2.45) is 17.1 Å². The molecule has 1 aliphatic carbocycles. The van der Waals surface area contributed by atoms with Crippen LogP contribution in [-0.4, -0.2) is 43.2 Å². The van der Waals surface area contributed by atoms with Gasteiger partial charge in [-0.05, 0) is 37.1 Å². The number of nitrogens with zero attached hydrogens (tertiary/aromatic N) is 1. The molecule has 3 atom stereocenters. The van der Waals surface area contributed by atoms with Crippen molar-refractivity contribution in [2.45, 2.75) is 72.0 Å². The van der Waals surface area contributed by atoms with Crippen LogP contribution in [0.5, 0.6) is 0 Å². The molecular formula is C17H35ClN2O2. The molecule has 132 valence electrons. The number of hydrogen-bond acceptors (Lipinski definition) is 3. The van der Waals surface area contributed by atoms with Crippen LogP contribution in [0.1, 0.15) is 59.8 Å². The summed E-state index contributed by atoms with van der Waals surface area (Å²) >= 11 is 0. The lowest BCUT2D eigenvalue weighted by molar-refractivity contribution is -0.149. The molecule has 0 aromatic rings. The lowest BCUT2D eigenvalue weighted by atomic mass is 9.88. The van der Waals surface area contributed by atoms with Crippen molar-refractivity contribution in [2.75, 3.05) is 20.1 Å². The molecule has 1 aliphatic rings. The van der Waals surface area contributed by atoms with Crippen molar-refractivity contribution in [3.63, 3.8) is 0 Å². The van der Waals surface area contributed by atoms with E-state index in [2.05, 4.69) is 20.8 Å². The zero-order valence-electron chi connectivity index (χ0n) is 14.9. The zero-order valence-corrected chi connectivity index (χ0v) is 15.7. The van der Waals surface area contributed by atoms with Gasteiger partial charge in [-0.15, -0.1) is 12.4 Å². The quantitative estimate of drug-likeness (QED) is 0.777. The Balaban J connectivity index is 0.00000441. The highest BCUT2D eigenvalue weighted by atomic mass is 35.5. The predicted molar refractivity (Wildman–Crippen MR) is 94.3 cm³/mol. The van der Waals surface area contributed by atoms with Gasteiger partial charge in [0.25, 0.3) is 5.91 Å². The van der Waals surface area contributed by atoms with Crippen molar-refractivity contribution in [1.29, 1.82) is 0 Å². The van der Waals surface area contributed by atoms with Gasteiger partial charge in [0.1, 0.15) is 6.10 Å². The van der Waals surface area contributed by atoms with E-state index in [4.69, 9.17) is 10.5 Å². The zero-order chi connectivity index (χ0) is 16.0. The average molecular weight is 335 g/mol. The number of ether oxygens (including phenoxy) is 1. The van der Waals surface area contributed by atoms with Gasteiger partial charge in [0, 0.05) is 13.6 Å². The first-order valence-corrected chi connectivity index (χ1v) is 8.39. The van der Waals surface area contributed by atoms with Gasteiger partial charge in [0.15, 0.2) is 0 Å². The topological polar surface area (TPSA) is 55.6 Å². The summed E-state index contributed by atoms with van der Waals surface area (Å²) in [5.74, 6) is 0.808. The molecular weight excluding hydrogens is 300 g/mol. The Morgan fingerprint density at radius 1 is 1.41 bits per heavy atom. The predicted octanol–water partition coefficient (Wildman–Crippen LogP) is 3.23. The fourth-order valence-electron chi connectivity index (χ4n) is 3.09. The summed E-state index contributed by atoms with van der Waals surface area (Å²) in [6.07, 6.45) is 5.35. The van der Waals surface area contributed by atoms with Crippen LogP contribution < -0.4 is 5.73 Å². The minimum atomic E-state index is -0.307. The number of amides is 1. The Labute approximate surface area is 142 Å². The molecule has 2 N–H and O–H groups in total. The standard InChI is InChI=1S/C17H34N2O2.ClH/c1-6-15(21-14-9-7-8-13(2)10-14)16(20)19(5)12-17(3,4)11-18;/h13-15H,6-12,18H2,1-5H3;1H. The second-order valence-corrected chi connectivity index (χ2v) is 7.49. The van der Waals surface area contributed by atoms with Gasteiger partial charge in [-0.25, -0.2) is 0 Å². The van der Waals surface area contributed by atoms with Crippen molar-refractivity contribution in [3.8, 4) is 0 Å². The summed E-state index contributed by atoms with van der Waals surface area (Å²) < 4.78 is 6.12. The molecule has 22 heavy (non-hydrogen) atoms. The molecule has 1 saturated carbocycles. The fourth-order valence-corrected chi connectivity index (χ4v) is 3.09. The monoisotopic (exact) mass is 334 g/mol. The minimum absolute atomic E-state index is 0. The number of rotatable bonds is 7. The van der Waals surface area contributed by atoms with Crippen LogP contribution in [0, 0.1) is 11.3 Å². The van der Waals surface area contributed by atoms with Crippen LogP contribution >= 0.6 is 12.4 Å². The maximum atomic E-state index is 12.6. The molecule has 0 aromatic carbocycles. The molecule has 5 heteroatoms. The number of carbonyl (C=O) groups is 1. The molecule has 0 radical (unpaired) electrons. The SMILES string of the molecule is CCC(OC1CCCC(C)C1)C(=O)N(C)CC(C)(C)CN.Cl. The van der Waals surface area contributed by atoms with Crippen molar-refractivity contribution < 1.29 is 9.53 Å². The summed E-state index contributed by atoms with van der Waals surface area (Å²) in [7, 11) is 1.86. The first kappa shape index (κ1) is 21.7. The van der Waals surface area contributed by atoms with Crippen LogP contribution in [0.3, 0.4) is 0 Å². The molecule has 0 saturated heterocycles. The summed E-state index contributed by atoms with van der Waals surface area (Å²) in [6.45, 7) is 9.71. The van der Waals surface area contributed by atoms with Gasteiger partial charge < -0.3 is 15.4 Å². The van der Waals surface area contributed by atoms with E-state index in [9.17, 15) is 4.79 Å². The van der Waals surface area contributed by atoms with E-state index in [0.29, 0.717) is 19.0 Å². The third-order valence-corrected chi connectivity index (χ3v) is 4.49. The Kier molecular flexibility index (Phi) is 9.60. The van der Waals surface area contributed by atoms with Gasteiger partial charge in [0.2, 0.25) is 0 Å². The molecule has 0 bridgehead atoms. The van der Waals surface area contributed by atoms with Gasteiger partial charge in [-0.1, -0.05) is 40.5 Å². The third-order valence-electron chi connectivity index (χ3n) is 4.49. The highest BCUT2D eigenvalue weighted by Gasteiger charge is 2.29. The number of nitrogens with two attached hydrogens (primary N) is 1. The van der Waals surface area contributed by atoms with E-state index in [0.717, 1.165) is 19.3 Å². The third kappa shape index (κ3) is 6.84. The summed E-state index contributed by atoms with van der Waals surface area (Å²) in [5.41, 5.74) is 5.71. The first-order chi connectivity index (χ1) is 9.79. The van der Waals surface area contributed by atoms with E-state index < -0.39 is 0 Å². The molecule has 1 rings (SSSR count). The average Bonchev–Trinajstić information content (AvgIpc) is 2.43. The summed E-state index contributed by atoms with van der Waals surface area (Å²) in [4.78, 5) is 14.4. The lowest BCUT2D eigenvalue weighted by Crippen LogP contribution is -2.45. The molecule has 1 amide bonds. The maximum Gasteiger partial charge on any atom is 0.251 e. The number of hydrogen-bond donors (Lipinski definition) is 1. The minimum Gasteiger partial charge on any atom is -0.365 e. The van der Waals surface area contributed by atoms with Crippen molar-refractivity contribution >= 4 is 18.3 Å². The van der Waals surface area contributed by atoms with Crippen LogP contribution in [-0.2, 0) is 9.53 Å². The maximum absolute atomic E-state index is 12.6. The van der Waals surface area contributed by atoms with E-state index in [-0.39, 0.29) is 35.9 Å². The number of halogens is 1. The van der Waals surface area contributed by atoms with Gasteiger partial charge in [-0.2, -0.15) is 0 Å². The Bertz CT molecular complexity index is 337. The molecule has 0 spiro atoms. The summed E-state index contributed by atoms with van der Waals surface area (Å²) in [6, 6.07) is 0. The molecule has 0 aromatic heterocycles. The van der Waals surface area contributed by atoms with Crippen LogP contribution in [0.2, 0.25) is 0 Å². The van der Waals surface area contributed by atoms with E-state index >= 15 is 0 Å². The van der Waals surface area contributed by atoms with Crippen molar-refractivity contribution in [3.05, 3.63) is 0 Å². The number of carbonyl (C=O) groups excluding carboxylic acids is 1. The second-order valence-electron chi connectivity index (χ2n) is 7.49. The van der Waals surface area contributed by atoms with Crippen LogP contribution in [0.25, 0.3) is 0 Å². The fraction of sp³-hybridized carbons (Fsp3) is 0.941. The lowest BCUT2D eigenvalue weighted by Gasteiger charge is -2.34. The Morgan fingerprint density at radius 3 is 2.55 bits per heavy atom. The van der Waals surface area contributed by atoms with Gasteiger partial charge in [0.05, 0.1) is 6.10 Å². The molecule has 0 aliphatic heterocycles. The molecule has 3 unspecified atom stereocenters. The van der Waals surface area contributed by atoms with Crippen LogP contribution in [0.4, 0.5) is 0 Å².